The van der Waals surface area contributed by atoms with Crippen LogP contribution < -0.4 is 10.1 Å². The molecule has 3 heterocycles. The molecule has 0 radical (unpaired) electrons. The lowest BCUT2D eigenvalue weighted by atomic mass is 10.1. The molecule has 0 aliphatic carbocycles. The van der Waals surface area contributed by atoms with Gasteiger partial charge in [-0.3, -0.25) is 24.2 Å². The van der Waals surface area contributed by atoms with Gasteiger partial charge in [-0.15, -0.1) is 0 Å². The molecule has 4 rings (SSSR count). The van der Waals surface area contributed by atoms with Crippen molar-refractivity contribution in [3.05, 3.63) is 71.4 Å². The maximum Gasteiger partial charge on any atom is 0.261 e. The van der Waals surface area contributed by atoms with Crippen LogP contribution in [0.25, 0.3) is 0 Å². The summed E-state index contributed by atoms with van der Waals surface area (Å²) in [6.07, 6.45) is 9.30. The van der Waals surface area contributed by atoms with Crippen molar-refractivity contribution >= 4 is 17.7 Å². The van der Waals surface area contributed by atoms with Gasteiger partial charge in [0.2, 0.25) is 11.8 Å². The average Bonchev–Trinajstić information content (AvgIpc) is 3.10. The second-order valence-corrected chi connectivity index (χ2v) is 8.48. The standard InChI is InChI=1S/C26H30N4O4/c31-23(11-16-30-25(32)21-8-2-3-9-22(21)26(30)33)27-12-4-7-17-34-24-18-20(10-13-28-24)19-29-14-5-1-6-15-29/h2-4,7-10,13,18H,1,5-6,11-12,14-17,19H2,(H,27,31)/b7-4-. The van der Waals surface area contributed by atoms with Crippen molar-refractivity contribution in [3.8, 4) is 5.88 Å². The lowest BCUT2D eigenvalue weighted by Crippen LogP contribution is -2.34. The maximum absolute atomic E-state index is 12.3. The summed E-state index contributed by atoms with van der Waals surface area (Å²) in [5.74, 6) is -0.337. The number of hydrogen-bond acceptors (Lipinski definition) is 6. The molecule has 0 unspecified atom stereocenters. The Bertz CT molecular complexity index is 1030. The number of nitrogens with one attached hydrogen (secondary N) is 1. The third kappa shape index (κ3) is 6.08. The second kappa shape index (κ2) is 11.6. The van der Waals surface area contributed by atoms with Gasteiger partial charge in [-0.05, 0) is 55.8 Å². The number of fused-ring (bicyclic) bond motifs is 1. The summed E-state index contributed by atoms with van der Waals surface area (Å²) in [4.78, 5) is 44.6. The quantitative estimate of drug-likeness (QED) is 0.431. The molecule has 1 aromatic heterocycles. The van der Waals surface area contributed by atoms with Gasteiger partial charge in [-0.2, -0.15) is 0 Å². The number of ether oxygens (including phenoxy) is 1. The van der Waals surface area contributed by atoms with Crippen LogP contribution in [-0.4, -0.2) is 65.3 Å². The van der Waals surface area contributed by atoms with Crippen LogP contribution in [0.2, 0.25) is 0 Å². The first kappa shape index (κ1) is 23.6. The zero-order valence-electron chi connectivity index (χ0n) is 19.2. The lowest BCUT2D eigenvalue weighted by Gasteiger charge is -2.26. The monoisotopic (exact) mass is 462 g/mol. The van der Waals surface area contributed by atoms with E-state index in [9.17, 15) is 14.4 Å². The number of nitrogens with zero attached hydrogens (tertiary/aromatic N) is 3. The van der Waals surface area contributed by atoms with Crippen molar-refractivity contribution in [1.82, 2.24) is 20.1 Å². The molecule has 2 aliphatic heterocycles. The fraction of sp³-hybridized carbons (Fsp3) is 0.385. The Labute approximate surface area is 199 Å². The minimum absolute atomic E-state index is 0.0591. The molecule has 34 heavy (non-hydrogen) atoms. The van der Waals surface area contributed by atoms with E-state index in [0.29, 0.717) is 30.2 Å². The van der Waals surface area contributed by atoms with E-state index in [1.54, 1.807) is 36.5 Å². The molecule has 1 fully saturated rings. The van der Waals surface area contributed by atoms with E-state index in [1.165, 1.54) is 24.8 Å². The number of benzene rings is 1. The molecule has 178 valence electrons. The van der Waals surface area contributed by atoms with Gasteiger partial charge < -0.3 is 10.1 Å². The molecule has 1 N–H and O–H groups in total. The molecule has 1 saturated heterocycles. The van der Waals surface area contributed by atoms with Gasteiger partial charge >= 0.3 is 0 Å². The van der Waals surface area contributed by atoms with E-state index in [2.05, 4.69) is 15.2 Å². The fourth-order valence-corrected chi connectivity index (χ4v) is 4.21. The Kier molecular flexibility index (Phi) is 8.04. The largest absolute Gasteiger partial charge is 0.473 e. The zero-order chi connectivity index (χ0) is 23.8. The maximum atomic E-state index is 12.3. The van der Waals surface area contributed by atoms with Gasteiger partial charge in [0.25, 0.3) is 11.8 Å². The number of piperidine rings is 1. The van der Waals surface area contributed by atoms with E-state index in [-0.39, 0.29) is 30.7 Å². The third-order valence-electron chi connectivity index (χ3n) is 6.01. The smallest absolute Gasteiger partial charge is 0.261 e. The van der Waals surface area contributed by atoms with Crippen LogP contribution in [0, 0.1) is 0 Å². The predicted octanol–water partition coefficient (Wildman–Crippen LogP) is 2.81. The van der Waals surface area contributed by atoms with Crippen LogP contribution in [0.15, 0.2) is 54.7 Å². The van der Waals surface area contributed by atoms with Crippen molar-refractivity contribution in [1.29, 1.82) is 0 Å². The van der Waals surface area contributed by atoms with Gasteiger partial charge in [0, 0.05) is 38.3 Å². The predicted molar refractivity (Wildman–Crippen MR) is 127 cm³/mol. The minimum Gasteiger partial charge on any atom is -0.473 e. The summed E-state index contributed by atoms with van der Waals surface area (Å²) >= 11 is 0. The molecule has 1 aromatic carbocycles. The summed E-state index contributed by atoms with van der Waals surface area (Å²) in [6.45, 7) is 3.96. The molecule has 8 nitrogen and oxygen atoms in total. The number of amides is 3. The number of likely N-dealkylation sites (tertiary alicyclic amines) is 1. The number of pyridine rings is 1. The summed E-state index contributed by atoms with van der Waals surface area (Å²) in [7, 11) is 0. The summed E-state index contributed by atoms with van der Waals surface area (Å²) in [6, 6.07) is 10.7. The Balaban J connectivity index is 1.13. The molecule has 2 aromatic rings. The van der Waals surface area contributed by atoms with E-state index in [0.717, 1.165) is 24.5 Å². The summed E-state index contributed by atoms with van der Waals surface area (Å²) < 4.78 is 5.70. The first-order valence-corrected chi connectivity index (χ1v) is 11.8. The van der Waals surface area contributed by atoms with E-state index < -0.39 is 0 Å². The highest BCUT2D eigenvalue weighted by molar-refractivity contribution is 6.21. The first-order valence-electron chi connectivity index (χ1n) is 11.8. The Morgan fingerprint density at radius 3 is 2.50 bits per heavy atom. The van der Waals surface area contributed by atoms with E-state index in [1.807, 2.05) is 18.2 Å². The minimum atomic E-state index is -0.348. The molecule has 3 amide bonds. The third-order valence-corrected chi connectivity index (χ3v) is 6.01. The van der Waals surface area contributed by atoms with Gasteiger partial charge in [0.05, 0.1) is 11.1 Å². The van der Waals surface area contributed by atoms with Gasteiger partial charge in [0.15, 0.2) is 0 Å². The van der Waals surface area contributed by atoms with Gasteiger partial charge in [0.1, 0.15) is 6.61 Å². The number of carbonyl (C=O) groups excluding carboxylic acids is 3. The highest BCUT2D eigenvalue weighted by atomic mass is 16.5. The number of imide groups is 1. The number of carbonyl (C=O) groups is 3. The average molecular weight is 463 g/mol. The SMILES string of the molecule is O=C(CCN1C(=O)c2ccccc2C1=O)NC/C=C\COc1cc(CN2CCCCC2)ccn1. The fourth-order valence-electron chi connectivity index (χ4n) is 4.21. The van der Waals surface area contributed by atoms with Crippen molar-refractivity contribution in [2.24, 2.45) is 0 Å². The van der Waals surface area contributed by atoms with Crippen molar-refractivity contribution in [2.45, 2.75) is 32.2 Å². The Morgan fingerprint density at radius 2 is 1.76 bits per heavy atom. The van der Waals surface area contributed by atoms with Crippen LogP contribution >= 0.6 is 0 Å². The molecule has 8 heteroatoms. The van der Waals surface area contributed by atoms with Crippen molar-refractivity contribution in [2.75, 3.05) is 32.8 Å². The summed E-state index contributed by atoms with van der Waals surface area (Å²) in [5, 5.41) is 2.76. The molecule has 0 spiro atoms. The van der Waals surface area contributed by atoms with Crippen molar-refractivity contribution < 1.29 is 19.1 Å². The Hall–Kier alpha value is -3.52. The molecule has 0 saturated carbocycles. The topological polar surface area (TPSA) is 91.8 Å². The number of aromatic nitrogens is 1. The van der Waals surface area contributed by atoms with Crippen LogP contribution in [-0.2, 0) is 11.3 Å². The zero-order valence-corrected chi connectivity index (χ0v) is 19.2. The highest BCUT2D eigenvalue weighted by Gasteiger charge is 2.34. The molecule has 2 aliphatic rings. The second-order valence-electron chi connectivity index (χ2n) is 8.48. The normalized spacial score (nSPS) is 16.2. The number of rotatable bonds is 10. The first-order chi connectivity index (χ1) is 16.6. The van der Waals surface area contributed by atoms with Crippen LogP contribution in [0.1, 0.15) is 52.0 Å². The molecule has 0 atom stereocenters. The Morgan fingerprint density at radius 1 is 1.03 bits per heavy atom. The lowest BCUT2D eigenvalue weighted by molar-refractivity contribution is -0.120. The van der Waals surface area contributed by atoms with Crippen molar-refractivity contribution in [3.63, 3.8) is 0 Å². The number of hydrogen-bond donors (Lipinski definition) is 1. The van der Waals surface area contributed by atoms with Gasteiger partial charge in [-0.1, -0.05) is 24.6 Å². The summed E-state index contributed by atoms with van der Waals surface area (Å²) in [5.41, 5.74) is 1.98. The highest BCUT2D eigenvalue weighted by Crippen LogP contribution is 2.22. The molecule has 0 bridgehead atoms. The van der Waals surface area contributed by atoms with Crippen LogP contribution in [0.3, 0.4) is 0 Å². The van der Waals surface area contributed by atoms with E-state index in [4.69, 9.17) is 4.74 Å². The van der Waals surface area contributed by atoms with E-state index >= 15 is 0 Å². The van der Waals surface area contributed by atoms with Gasteiger partial charge in [-0.25, -0.2) is 4.98 Å². The molecular weight excluding hydrogens is 432 g/mol. The molecular formula is C26H30N4O4. The van der Waals surface area contributed by atoms with Crippen LogP contribution in [0.4, 0.5) is 0 Å². The van der Waals surface area contributed by atoms with Crippen LogP contribution in [0.5, 0.6) is 5.88 Å².